The highest BCUT2D eigenvalue weighted by Crippen LogP contribution is 2.32. The van der Waals surface area contributed by atoms with Gasteiger partial charge in [-0.15, -0.1) is 0 Å². The van der Waals surface area contributed by atoms with Crippen LogP contribution in [-0.2, 0) is 16.1 Å². The maximum Gasteiger partial charge on any atom is 0.256 e. The van der Waals surface area contributed by atoms with E-state index in [1.54, 1.807) is 18.2 Å². The Balaban J connectivity index is 1.58. The van der Waals surface area contributed by atoms with Gasteiger partial charge in [0.1, 0.15) is 18.4 Å². The summed E-state index contributed by atoms with van der Waals surface area (Å²) in [6.45, 7) is 0.417. The van der Waals surface area contributed by atoms with Crippen LogP contribution in [0.5, 0.6) is 0 Å². The lowest BCUT2D eigenvalue weighted by Gasteiger charge is -2.25. The largest absolute Gasteiger partial charge is 0.350 e. The normalized spacial score (nSPS) is 18.3. The van der Waals surface area contributed by atoms with Crippen molar-refractivity contribution in [3.63, 3.8) is 0 Å². The second-order valence-corrected chi connectivity index (χ2v) is 7.59. The molecule has 2 aliphatic heterocycles. The second-order valence-electron chi connectivity index (χ2n) is 7.15. The molecule has 2 aliphatic rings. The molecule has 0 radical (unpaired) electrons. The SMILES string of the molecule is O=C(CN1C(=O)C2CCCN2C(=O)c2ccc(F)cc21)NCc1cccc(Cl)c1. The minimum absolute atomic E-state index is 0.132. The van der Waals surface area contributed by atoms with Gasteiger partial charge in [0.15, 0.2) is 0 Å². The second kappa shape index (κ2) is 7.83. The van der Waals surface area contributed by atoms with Crippen molar-refractivity contribution in [1.29, 1.82) is 0 Å². The zero-order valence-corrected chi connectivity index (χ0v) is 16.3. The first kappa shape index (κ1) is 19.4. The molecule has 4 rings (SSSR count). The van der Waals surface area contributed by atoms with Gasteiger partial charge >= 0.3 is 0 Å². The van der Waals surface area contributed by atoms with Crippen molar-refractivity contribution in [2.45, 2.75) is 25.4 Å². The van der Waals surface area contributed by atoms with Crippen LogP contribution in [0.25, 0.3) is 0 Å². The molecule has 1 atom stereocenters. The van der Waals surface area contributed by atoms with E-state index in [1.165, 1.54) is 21.9 Å². The van der Waals surface area contributed by atoms with Crippen LogP contribution in [0.3, 0.4) is 0 Å². The molecule has 1 N–H and O–H groups in total. The summed E-state index contributed by atoms with van der Waals surface area (Å²) in [6, 6.07) is 10.1. The molecule has 0 saturated carbocycles. The zero-order chi connectivity index (χ0) is 20.5. The van der Waals surface area contributed by atoms with E-state index < -0.39 is 17.8 Å². The molecule has 8 heteroatoms. The van der Waals surface area contributed by atoms with E-state index in [1.807, 2.05) is 6.07 Å². The molecule has 0 spiro atoms. The third-order valence-electron chi connectivity index (χ3n) is 5.23. The highest BCUT2D eigenvalue weighted by Gasteiger charge is 2.42. The van der Waals surface area contributed by atoms with Crippen LogP contribution in [0, 0.1) is 5.82 Å². The van der Waals surface area contributed by atoms with Crippen molar-refractivity contribution < 1.29 is 18.8 Å². The summed E-state index contributed by atoms with van der Waals surface area (Å²) >= 11 is 5.95. The predicted molar refractivity (Wildman–Crippen MR) is 106 cm³/mol. The number of nitrogens with zero attached hydrogens (tertiary/aromatic N) is 2. The maximum atomic E-state index is 13.9. The fourth-order valence-electron chi connectivity index (χ4n) is 3.84. The van der Waals surface area contributed by atoms with Crippen LogP contribution in [0.4, 0.5) is 10.1 Å². The molecule has 1 fully saturated rings. The highest BCUT2D eigenvalue weighted by atomic mass is 35.5. The van der Waals surface area contributed by atoms with Crippen LogP contribution < -0.4 is 10.2 Å². The fourth-order valence-corrected chi connectivity index (χ4v) is 4.05. The van der Waals surface area contributed by atoms with Gasteiger partial charge in [0, 0.05) is 18.1 Å². The van der Waals surface area contributed by atoms with Crippen molar-refractivity contribution >= 4 is 35.0 Å². The maximum absolute atomic E-state index is 13.9. The number of fused-ring (bicyclic) bond motifs is 2. The molecular weight excluding hydrogens is 397 g/mol. The number of carbonyl (C=O) groups is 3. The number of benzene rings is 2. The molecule has 1 unspecified atom stereocenters. The molecule has 2 aromatic rings. The van der Waals surface area contributed by atoms with Crippen molar-refractivity contribution in [3.8, 4) is 0 Å². The van der Waals surface area contributed by atoms with Gasteiger partial charge < -0.3 is 15.1 Å². The van der Waals surface area contributed by atoms with E-state index in [0.29, 0.717) is 24.4 Å². The Hall–Kier alpha value is -2.93. The zero-order valence-electron chi connectivity index (χ0n) is 15.5. The van der Waals surface area contributed by atoms with Crippen LogP contribution >= 0.6 is 11.6 Å². The molecule has 2 aromatic carbocycles. The van der Waals surface area contributed by atoms with Gasteiger partial charge in [-0.25, -0.2) is 4.39 Å². The summed E-state index contributed by atoms with van der Waals surface area (Å²) in [7, 11) is 0. The first-order valence-electron chi connectivity index (χ1n) is 9.37. The average molecular weight is 416 g/mol. The Morgan fingerprint density at radius 2 is 2.03 bits per heavy atom. The monoisotopic (exact) mass is 415 g/mol. The molecule has 1 saturated heterocycles. The van der Waals surface area contributed by atoms with Crippen molar-refractivity contribution in [2.75, 3.05) is 18.0 Å². The summed E-state index contributed by atoms with van der Waals surface area (Å²) in [5.74, 6) is -1.65. The first-order valence-corrected chi connectivity index (χ1v) is 9.75. The number of amides is 3. The number of hydrogen-bond acceptors (Lipinski definition) is 3. The Morgan fingerprint density at radius 3 is 2.83 bits per heavy atom. The van der Waals surface area contributed by atoms with E-state index in [4.69, 9.17) is 11.6 Å². The molecule has 0 aromatic heterocycles. The Morgan fingerprint density at radius 1 is 1.21 bits per heavy atom. The lowest BCUT2D eigenvalue weighted by molar-refractivity contribution is -0.125. The Labute approximate surface area is 172 Å². The summed E-state index contributed by atoms with van der Waals surface area (Å²) in [5.41, 5.74) is 1.18. The van der Waals surface area contributed by atoms with Crippen molar-refractivity contribution in [2.24, 2.45) is 0 Å². The fraction of sp³-hybridized carbons (Fsp3) is 0.286. The third-order valence-corrected chi connectivity index (χ3v) is 5.46. The number of anilines is 1. The lowest BCUT2D eigenvalue weighted by atomic mass is 10.1. The van der Waals surface area contributed by atoms with Gasteiger partial charge in [0.25, 0.3) is 5.91 Å². The summed E-state index contributed by atoms with van der Waals surface area (Å²) in [5, 5.41) is 3.31. The van der Waals surface area contributed by atoms with E-state index in [9.17, 15) is 18.8 Å². The summed E-state index contributed by atoms with van der Waals surface area (Å²) in [4.78, 5) is 41.3. The van der Waals surface area contributed by atoms with Gasteiger partial charge in [-0.1, -0.05) is 23.7 Å². The predicted octanol–water partition coefficient (Wildman–Crippen LogP) is 2.75. The van der Waals surface area contributed by atoms with Crippen molar-refractivity contribution in [1.82, 2.24) is 10.2 Å². The minimum Gasteiger partial charge on any atom is -0.350 e. The molecule has 3 amide bonds. The Kier molecular flexibility index (Phi) is 5.24. The first-order chi connectivity index (χ1) is 13.9. The number of nitrogens with one attached hydrogen (secondary N) is 1. The van der Waals surface area contributed by atoms with Crippen LogP contribution in [0.2, 0.25) is 5.02 Å². The minimum atomic E-state index is -0.626. The van der Waals surface area contributed by atoms with Crippen molar-refractivity contribution in [3.05, 3.63) is 64.4 Å². The quantitative estimate of drug-likeness (QED) is 0.834. The average Bonchev–Trinajstić information content (AvgIpc) is 3.17. The van der Waals surface area contributed by atoms with E-state index in [2.05, 4.69) is 5.32 Å². The van der Waals surface area contributed by atoms with E-state index in [-0.39, 0.29) is 36.2 Å². The third kappa shape index (κ3) is 3.82. The lowest BCUT2D eigenvalue weighted by Crippen LogP contribution is -2.48. The summed E-state index contributed by atoms with van der Waals surface area (Å²) < 4.78 is 13.9. The van der Waals surface area contributed by atoms with Crippen LogP contribution in [0.15, 0.2) is 42.5 Å². The molecule has 0 bridgehead atoms. The molecular formula is C21H19ClFN3O3. The molecule has 2 heterocycles. The highest BCUT2D eigenvalue weighted by molar-refractivity contribution is 6.30. The van der Waals surface area contributed by atoms with Gasteiger partial charge in [0.05, 0.1) is 11.3 Å². The van der Waals surface area contributed by atoms with E-state index >= 15 is 0 Å². The van der Waals surface area contributed by atoms with Gasteiger partial charge in [-0.05, 0) is 48.7 Å². The molecule has 150 valence electrons. The van der Waals surface area contributed by atoms with Gasteiger partial charge in [-0.3, -0.25) is 14.4 Å². The number of rotatable bonds is 4. The number of carbonyl (C=O) groups excluding carboxylic acids is 3. The van der Waals surface area contributed by atoms with Gasteiger partial charge in [0.2, 0.25) is 11.8 Å². The molecule has 6 nitrogen and oxygen atoms in total. The smallest absolute Gasteiger partial charge is 0.256 e. The van der Waals surface area contributed by atoms with E-state index in [0.717, 1.165) is 11.6 Å². The Bertz CT molecular complexity index is 997. The molecule has 29 heavy (non-hydrogen) atoms. The molecule has 0 aliphatic carbocycles. The topological polar surface area (TPSA) is 69.7 Å². The van der Waals surface area contributed by atoms with Gasteiger partial charge in [-0.2, -0.15) is 0 Å². The number of hydrogen-bond donors (Lipinski definition) is 1. The number of halogens is 2. The van der Waals surface area contributed by atoms with Crippen LogP contribution in [0.1, 0.15) is 28.8 Å². The van der Waals surface area contributed by atoms with Crippen LogP contribution in [-0.4, -0.2) is 41.8 Å². The summed E-state index contributed by atoms with van der Waals surface area (Å²) in [6.07, 6.45) is 1.25. The standard InChI is InChI=1S/C21H19ClFN3O3/c22-14-4-1-3-13(9-14)11-24-19(27)12-26-18-10-15(23)6-7-16(18)20(28)25-8-2-5-17(25)21(26)29/h1,3-4,6-7,9-10,17H,2,5,8,11-12H2,(H,24,27).